The van der Waals surface area contributed by atoms with Crippen molar-refractivity contribution in [3.8, 4) is 0 Å². The smallest absolute Gasteiger partial charge is 0.341 e. The number of hydrogen-bond donors (Lipinski definition) is 2. The first kappa shape index (κ1) is 12.8. The molecule has 0 fully saturated rings. The van der Waals surface area contributed by atoms with Gasteiger partial charge in [-0.2, -0.15) is 5.32 Å². The molecule has 0 aliphatic carbocycles. The molecule has 19 heavy (non-hydrogen) atoms. The van der Waals surface area contributed by atoms with Crippen molar-refractivity contribution in [2.24, 2.45) is 5.18 Å². The average Bonchev–Trinajstić information content (AvgIpc) is 2.86. The van der Waals surface area contributed by atoms with Crippen LogP contribution < -0.4 is 10.3 Å². The van der Waals surface area contributed by atoms with Crippen molar-refractivity contribution in [1.82, 2.24) is 0 Å². The van der Waals surface area contributed by atoms with Crippen molar-refractivity contribution >= 4 is 33.3 Å². The number of benzene rings is 1. The molecule has 96 valence electrons. The van der Waals surface area contributed by atoms with Crippen LogP contribution in [0.15, 0.2) is 35.6 Å². The number of aromatic carboxylic acids is 1. The number of carbonyl (C=O) groups is 2. The maximum Gasteiger partial charge on any atom is 0.341 e. The zero-order chi connectivity index (χ0) is 13.8. The molecule has 0 bridgehead atoms. The van der Waals surface area contributed by atoms with Crippen LogP contribution >= 0.6 is 11.3 Å². The number of rotatable bonds is 4. The number of carboxylic acid groups (broad SMARTS) is 1. The number of thiazole rings is 1. The van der Waals surface area contributed by atoms with Gasteiger partial charge in [-0.25, -0.2) is 14.6 Å². The molecule has 1 amide bonds. The lowest BCUT2D eigenvalue weighted by molar-refractivity contribution is -0.353. The summed E-state index contributed by atoms with van der Waals surface area (Å²) < 4.78 is 0. The second kappa shape index (κ2) is 5.36. The highest BCUT2D eigenvalue weighted by Gasteiger charge is 2.16. The Labute approximate surface area is 110 Å². The number of aromatic amines is 1. The Morgan fingerprint density at radius 1 is 1.21 bits per heavy atom. The average molecular weight is 278 g/mol. The summed E-state index contributed by atoms with van der Waals surface area (Å²) in [6.45, 7) is 0. The number of aromatic nitrogens is 1. The molecule has 2 rings (SSSR count). The van der Waals surface area contributed by atoms with Gasteiger partial charge in [-0.3, -0.25) is 0 Å². The number of nitrogens with zero attached hydrogens (tertiary/aromatic N) is 1. The van der Waals surface area contributed by atoms with Gasteiger partial charge >= 0.3 is 17.0 Å². The summed E-state index contributed by atoms with van der Waals surface area (Å²) >= 11 is 1.00. The summed E-state index contributed by atoms with van der Waals surface area (Å²) in [7, 11) is 0. The molecular formula is C11H8N3O4S+. The second-order valence-electron chi connectivity index (χ2n) is 3.49. The minimum Gasteiger partial charge on any atom is -0.478 e. The lowest BCUT2D eigenvalue weighted by atomic mass is 10.1. The van der Waals surface area contributed by atoms with Gasteiger partial charge in [-0.05, 0) is 40.8 Å². The predicted octanol–water partition coefficient (Wildman–Crippen LogP) is 1.91. The summed E-state index contributed by atoms with van der Waals surface area (Å²) in [5.41, 5.74) is 0.416. The number of nitrogens with one attached hydrogen (secondary N) is 2. The lowest BCUT2D eigenvalue weighted by Gasteiger charge is -1.97. The third-order valence-corrected chi connectivity index (χ3v) is 3.07. The summed E-state index contributed by atoms with van der Waals surface area (Å²) in [6, 6.07) is 5.50. The molecule has 0 spiro atoms. The van der Waals surface area contributed by atoms with Crippen molar-refractivity contribution in [3.05, 3.63) is 46.5 Å². The standard InChI is InChI=1S/C11H7N3O4S/c15-9(13-11-12-5-8(14-18)19-11)6-1-3-7(4-2-6)10(16)17/h1-5H,(H,16,17)(H,12,13,15)/p+1. The molecule has 0 aliphatic heterocycles. The molecule has 1 aromatic heterocycles. The Morgan fingerprint density at radius 2 is 1.84 bits per heavy atom. The first-order chi connectivity index (χ1) is 9.10. The van der Waals surface area contributed by atoms with Gasteiger partial charge in [0.1, 0.15) is 6.20 Å². The van der Waals surface area contributed by atoms with E-state index >= 15 is 0 Å². The van der Waals surface area contributed by atoms with Gasteiger partial charge in [0.15, 0.2) is 0 Å². The molecular weight excluding hydrogens is 270 g/mol. The minimum atomic E-state index is -1.06. The van der Waals surface area contributed by atoms with E-state index in [0.717, 1.165) is 11.3 Å². The molecule has 1 aromatic carbocycles. The number of carboxylic acids is 1. The van der Waals surface area contributed by atoms with Gasteiger partial charge in [0.05, 0.1) is 11.1 Å². The second-order valence-corrected chi connectivity index (χ2v) is 4.52. The summed E-state index contributed by atoms with van der Waals surface area (Å²) in [6.07, 6.45) is 1.38. The van der Waals surface area contributed by atoms with E-state index in [2.05, 4.69) is 15.5 Å². The maximum absolute atomic E-state index is 11.8. The third kappa shape index (κ3) is 2.99. The Kier molecular flexibility index (Phi) is 3.62. The SMILES string of the molecule is O=Nc1c[nH+]c(NC(=O)c2ccc(C(=O)O)cc2)s1. The normalized spacial score (nSPS) is 9.89. The molecule has 1 heterocycles. The van der Waals surface area contributed by atoms with Crippen LogP contribution in [0, 0.1) is 4.91 Å². The molecule has 0 saturated carbocycles. The van der Waals surface area contributed by atoms with E-state index < -0.39 is 11.9 Å². The molecule has 8 heteroatoms. The van der Waals surface area contributed by atoms with Crippen LogP contribution in [0.5, 0.6) is 0 Å². The van der Waals surface area contributed by atoms with Crippen LogP contribution in [-0.4, -0.2) is 17.0 Å². The lowest BCUT2D eigenvalue weighted by Crippen LogP contribution is -2.16. The number of amides is 1. The van der Waals surface area contributed by atoms with Crippen LogP contribution in [0.1, 0.15) is 20.7 Å². The van der Waals surface area contributed by atoms with E-state index in [1.165, 1.54) is 30.5 Å². The van der Waals surface area contributed by atoms with Crippen molar-refractivity contribution < 1.29 is 19.7 Å². The first-order valence-corrected chi connectivity index (χ1v) is 5.91. The highest BCUT2D eigenvalue weighted by molar-refractivity contribution is 7.18. The predicted molar refractivity (Wildman–Crippen MR) is 67.7 cm³/mol. The van der Waals surface area contributed by atoms with Gasteiger partial charge in [-0.15, -0.1) is 4.91 Å². The van der Waals surface area contributed by atoms with Gasteiger partial charge in [-0.1, -0.05) is 0 Å². The van der Waals surface area contributed by atoms with Crippen LogP contribution in [0.25, 0.3) is 0 Å². The van der Waals surface area contributed by atoms with Crippen molar-refractivity contribution in [2.45, 2.75) is 0 Å². The zero-order valence-corrected chi connectivity index (χ0v) is 10.2. The third-order valence-electron chi connectivity index (χ3n) is 2.24. The minimum absolute atomic E-state index is 0.103. The Morgan fingerprint density at radius 3 is 2.37 bits per heavy atom. The van der Waals surface area contributed by atoms with E-state index in [0.29, 0.717) is 10.7 Å². The van der Waals surface area contributed by atoms with Crippen LogP contribution in [0.2, 0.25) is 0 Å². The van der Waals surface area contributed by atoms with Gasteiger partial charge in [0.25, 0.3) is 0 Å². The van der Waals surface area contributed by atoms with Crippen LogP contribution in [-0.2, 0) is 0 Å². The molecule has 0 aliphatic rings. The van der Waals surface area contributed by atoms with Crippen LogP contribution in [0.4, 0.5) is 10.1 Å². The first-order valence-electron chi connectivity index (χ1n) is 5.10. The van der Waals surface area contributed by atoms with E-state index in [1.54, 1.807) is 0 Å². The fourth-order valence-corrected chi connectivity index (χ4v) is 1.96. The molecule has 3 N–H and O–H groups in total. The number of nitroso groups, excluding NO2 is 1. The topological polar surface area (TPSA) is 110 Å². The number of H-pyrrole nitrogens is 1. The van der Waals surface area contributed by atoms with Gasteiger partial charge < -0.3 is 5.11 Å². The van der Waals surface area contributed by atoms with E-state index in [1.807, 2.05) is 0 Å². The monoisotopic (exact) mass is 278 g/mol. The van der Waals surface area contributed by atoms with Crippen LogP contribution in [0.3, 0.4) is 0 Å². The molecule has 0 atom stereocenters. The highest BCUT2D eigenvalue weighted by Crippen LogP contribution is 2.22. The van der Waals surface area contributed by atoms with E-state index in [4.69, 9.17) is 5.11 Å². The van der Waals surface area contributed by atoms with Crippen molar-refractivity contribution in [2.75, 3.05) is 5.32 Å². The number of carbonyl (C=O) groups excluding carboxylic acids is 1. The van der Waals surface area contributed by atoms with E-state index in [-0.39, 0.29) is 10.6 Å². The molecule has 0 unspecified atom stereocenters. The molecule has 7 nitrogen and oxygen atoms in total. The fraction of sp³-hybridized carbons (Fsp3) is 0. The summed E-state index contributed by atoms with van der Waals surface area (Å²) in [5.74, 6) is -1.47. The Hall–Kier alpha value is -2.61. The number of hydrogen-bond acceptors (Lipinski definition) is 5. The molecule has 0 saturated heterocycles. The Bertz CT molecular complexity index is 636. The Balaban J connectivity index is 2.11. The van der Waals surface area contributed by atoms with Gasteiger partial charge in [0, 0.05) is 0 Å². The summed E-state index contributed by atoms with van der Waals surface area (Å²) in [4.78, 5) is 35.4. The molecule has 2 aromatic rings. The van der Waals surface area contributed by atoms with Crippen molar-refractivity contribution in [3.63, 3.8) is 0 Å². The van der Waals surface area contributed by atoms with Gasteiger partial charge in [0.2, 0.25) is 5.00 Å². The summed E-state index contributed by atoms with van der Waals surface area (Å²) in [5, 5.41) is 14.6. The van der Waals surface area contributed by atoms with E-state index in [9.17, 15) is 14.5 Å². The quantitative estimate of drug-likeness (QED) is 0.832. The van der Waals surface area contributed by atoms with Crippen molar-refractivity contribution in [1.29, 1.82) is 0 Å². The largest absolute Gasteiger partial charge is 0.478 e. The zero-order valence-electron chi connectivity index (χ0n) is 9.41. The molecule has 0 radical (unpaired) electrons. The number of anilines is 1. The maximum atomic E-state index is 11.8. The highest BCUT2D eigenvalue weighted by atomic mass is 32.1. The fourth-order valence-electron chi connectivity index (χ4n) is 1.34.